The van der Waals surface area contributed by atoms with E-state index in [4.69, 9.17) is 0 Å². The summed E-state index contributed by atoms with van der Waals surface area (Å²) in [7, 11) is 0. The lowest BCUT2D eigenvalue weighted by Gasteiger charge is -2.36. The van der Waals surface area contributed by atoms with E-state index in [9.17, 15) is 4.79 Å². The number of hydrogen-bond acceptors (Lipinski definition) is 3. The van der Waals surface area contributed by atoms with Gasteiger partial charge in [-0.2, -0.15) is 11.3 Å². The Balaban J connectivity index is 1.82. The van der Waals surface area contributed by atoms with Crippen LogP contribution in [0, 0.1) is 5.92 Å². The number of hydrogen-bond donors (Lipinski definition) is 1. The van der Waals surface area contributed by atoms with Crippen molar-refractivity contribution in [2.45, 2.75) is 64.2 Å². The molecule has 110 valence electrons. The summed E-state index contributed by atoms with van der Waals surface area (Å²) in [6, 6.07) is 2.57. The molecule has 3 nitrogen and oxygen atoms in total. The van der Waals surface area contributed by atoms with Crippen molar-refractivity contribution >= 4 is 17.2 Å². The van der Waals surface area contributed by atoms with E-state index < -0.39 is 0 Å². The summed E-state index contributed by atoms with van der Waals surface area (Å²) in [6.45, 7) is 4.41. The van der Waals surface area contributed by atoms with Gasteiger partial charge in [-0.1, -0.05) is 13.8 Å². The molecule has 2 fully saturated rings. The lowest BCUT2D eigenvalue weighted by atomic mass is 9.86. The molecule has 1 aromatic heterocycles. The molecule has 0 aromatic carbocycles. The molecule has 1 amide bonds. The van der Waals surface area contributed by atoms with Crippen molar-refractivity contribution in [2.75, 3.05) is 0 Å². The Morgan fingerprint density at radius 2 is 2.10 bits per heavy atom. The third-order valence-electron chi connectivity index (χ3n) is 4.84. The summed E-state index contributed by atoms with van der Waals surface area (Å²) in [4.78, 5) is 14.8. The summed E-state index contributed by atoms with van der Waals surface area (Å²) in [5.41, 5.74) is 1.25. The molecule has 20 heavy (non-hydrogen) atoms. The van der Waals surface area contributed by atoms with Crippen LogP contribution in [-0.2, 0) is 4.79 Å². The topological polar surface area (TPSA) is 32.3 Å². The minimum Gasteiger partial charge on any atom is -0.319 e. The van der Waals surface area contributed by atoms with Gasteiger partial charge in [0.05, 0.1) is 6.04 Å². The predicted molar refractivity (Wildman–Crippen MR) is 82.5 cm³/mol. The fraction of sp³-hybridized carbons (Fsp3) is 0.688. The van der Waals surface area contributed by atoms with Crippen molar-refractivity contribution in [3.8, 4) is 0 Å². The molecule has 1 saturated carbocycles. The van der Waals surface area contributed by atoms with Gasteiger partial charge in [-0.25, -0.2) is 0 Å². The van der Waals surface area contributed by atoms with Crippen LogP contribution in [0.1, 0.15) is 57.7 Å². The molecular formula is C16H24N2OS. The first kappa shape index (κ1) is 14.1. The molecule has 4 heteroatoms. The SMILES string of the molecule is CCC1NC(c2ccsc2)N(C2CCC(C)CC2)C1=O. The number of nitrogens with zero attached hydrogens (tertiary/aromatic N) is 1. The standard InChI is InChI=1S/C16H24N2OS/c1-3-14-16(19)18(13-6-4-11(2)5-7-13)15(17-14)12-8-9-20-10-12/h8-11,13-15,17H,3-7H2,1-2H3. The molecule has 1 aliphatic carbocycles. The van der Waals surface area contributed by atoms with E-state index in [1.165, 1.54) is 18.4 Å². The monoisotopic (exact) mass is 292 g/mol. The molecule has 1 aliphatic heterocycles. The number of carbonyl (C=O) groups excluding carboxylic acids is 1. The Morgan fingerprint density at radius 3 is 2.70 bits per heavy atom. The van der Waals surface area contributed by atoms with E-state index in [0.717, 1.165) is 25.2 Å². The molecule has 2 heterocycles. The average molecular weight is 292 g/mol. The van der Waals surface area contributed by atoms with E-state index in [2.05, 4.69) is 40.9 Å². The molecule has 0 radical (unpaired) electrons. The smallest absolute Gasteiger partial charge is 0.241 e. The Morgan fingerprint density at radius 1 is 1.35 bits per heavy atom. The van der Waals surface area contributed by atoms with Gasteiger partial charge in [0.1, 0.15) is 6.17 Å². The minimum atomic E-state index is -0.000694. The van der Waals surface area contributed by atoms with Crippen LogP contribution in [0.15, 0.2) is 16.8 Å². The van der Waals surface area contributed by atoms with Gasteiger partial charge >= 0.3 is 0 Å². The number of carbonyl (C=O) groups is 1. The van der Waals surface area contributed by atoms with Crippen molar-refractivity contribution in [3.63, 3.8) is 0 Å². The van der Waals surface area contributed by atoms with Crippen LogP contribution >= 0.6 is 11.3 Å². The highest BCUT2D eigenvalue weighted by molar-refractivity contribution is 7.07. The highest BCUT2D eigenvalue weighted by Crippen LogP contribution is 2.36. The third kappa shape index (κ3) is 2.51. The molecule has 0 spiro atoms. The molecule has 1 saturated heterocycles. The van der Waals surface area contributed by atoms with Crippen LogP contribution in [0.5, 0.6) is 0 Å². The van der Waals surface area contributed by atoms with Crippen LogP contribution in [0.2, 0.25) is 0 Å². The fourth-order valence-corrected chi connectivity index (χ4v) is 4.22. The molecule has 2 atom stereocenters. The zero-order valence-corrected chi connectivity index (χ0v) is 13.2. The maximum atomic E-state index is 12.7. The normalized spacial score (nSPS) is 34.7. The Bertz CT molecular complexity index is 451. The average Bonchev–Trinajstić information content (AvgIpc) is 3.07. The third-order valence-corrected chi connectivity index (χ3v) is 5.54. The molecule has 2 unspecified atom stereocenters. The molecule has 1 N–H and O–H groups in total. The van der Waals surface area contributed by atoms with Crippen LogP contribution in [0.25, 0.3) is 0 Å². The number of rotatable bonds is 3. The largest absolute Gasteiger partial charge is 0.319 e. The van der Waals surface area contributed by atoms with Crippen LogP contribution < -0.4 is 5.32 Å². The van der Waals surface area contributed by atoms with Gasteiger partial charge < -0.3 is 4.90 Å². The first-order valence-corrected chi connectivity index (χ1v) is 8.75. The highest BCUT2D eigenvalue weighted by atomic mass is 32.1. The van der Waals surface area contributed by atoms with Crippen molar-refractivity contribution in [2.24, 2.45) is 5.92 Å². The fourth-order valence-electron chi connectivity index (χ4n) is 3.54. The Labute approximate surface area is 125 Å². The number of nitrogens with one attached hydrogen (secondary N) is 1. The molecule has 0 bridgehead atoms. The van der Waals surface area contributed by atoms with Gasteiger partial charge in [0.15, 0.2) is 0 Å². The van der Waals surface area contributed by atoms with Gasteiger partial charge in [-0.05, 0) is 60.4 Å². The predicted octanol–water partition coefficient (Wildman–Crippen LogP) is 3.54. The van der Waals surface area contributed by atoms with Crippen LogP contribution in [0.4, 0.5) is 0 Å². The first-order valence-electron chi connectivity index (χ1n) is 7.81. The van der Waals surface area contributed by atoms with Crippen molar-refractivity contribution in [1.82, 2.24) is 10.2 Å². The van der Waals surface area contributed by atoms with Crippen molar-refractivity contribution in [3.05, 3.63) is 22.4 Å². The number of amides is 1. The maximum Gasteiger partial charge on any atom is 0.241 e. The van der Waals surface area contributed by atoms with Gasteiger partial charge in [0, 0.05) is 6.04 Å². The van der Waals surface area contributed by atoms with Crippen molar-refractivity contribution in [1.29, 1.82) is 0 Å². The Kier molecular flexibility index (Phi) is 4.13. The zero-order chi connectivity index (χ0) is 14.1. The van der Waals surface area contributed by atoms with Gasteiger partial charge in [-0.3, -0.25) is 10.1 Å². The van der Waals surface area contributed by atoms with Gasteiger partial charge in [-0.15, -0.1) is 0 Å². The highest BCUT2D eigenvalue weighted by Gasteiger charge is 2.42. The molecule has 1 aromatic rings. The van der Waals surface area contributed by atoms with Crippen LogP contribution in [0.3, 0.4) is 0 Å². The first-order chi connectivity index (χ1) is 9.70. The van der Waals surface area contributed by atoms with E-state index >= 15 is 0 Å². The van der Waals surface area contributed by atoms with E-state index in [-0.39, 0.29) is 12.2 Å². The van der Waals surface area contributed by atoms with E-state index in [1.807, 2.05) is 0 Å². The summed E-state index contributed by atoms with van der Waals surface area (Å²) in [6.07, 6.45) is 5.79. The second-order valence-electron chi connectivity index (χ2n) is 6.25. The summed E-state index contributed by atoms with van der Waals surface area (Å²) < 4.78 is 0. The molecule has 2 aliphatic rings. The zero-order valence-electron chi connectivity index (χ0n) is 12.3. The number of thiophene rings is 1. The van der Waals surface area contributed by atoms with E-state index in [0.29, 0.717) is 11.9 Å². The second-order valence-corrected chi connectivity index (χ2v) is 7.03. The second kappa shape index (κ2) is 5.86. The summed E-state index contributed by atoms with van der Waals surface area (Å²) >= 11 is 1.71. The Hall–Kier alpha value is -0.870. The maximum absolute atomic E-state index is 12.7. The van der Waals surface area contributed by atoms with Crippen LogP contribution in [-0.4, -0.2) is 22.9 Å². The van der Waals surface area contributed by atoms with Gasteiger partial charge in [0.25, 0.3) is 0 Å². The lowest BCUT2D eigenvalue weighted by molar-refractivity contribution is -0.133. The van der Waals surface area contributed by atoms with E-state index in [1.54, 1.807) is 11.3 Å². The summed E-state index contributed by atoms with van der Waals surface area (Å²) in [5, 5.41) is 7.80. The molecular weight excluding hydrogens is 268 g/mol. The summed E-state index contributed by atoms with van der Waals surface area (Å²) in [5.74, 6) is 1.13. The van der Waals surface area contributed by atoms with Gasteiger partial charge in [0.2, 0.25) is 5.91 Å². The molecule has 3 rings (SSSR count). The minimum absolute atomic E-state index is 0.000694. The van der Waals surface area contributed by atoms with Crippen molar-refractivity contribution < 1.29 is 4.79 Å². The lowest BCUT2D eigenvalue weighted by Crippen LogP contribution is -2.42. The quantitative estimate of drug-likeness (QED) is 0.924.